The molecule has 0 aromatic heterocycles. The number of benzene rings is 1. The fourth-order valence-corrected chi connectivity index (χ4v) is 5.15. The van der Waals surface area contributed by atoms with Crippen molar-refractivity contribution in [3.05, 3.63) is 55.8 Å². The van der Waals surface area contributed by atoms with E-state index < -0.39 is 0 Å². The summed E-state index contributed by atoms with van der Waals surface area (Å²) in [6, 6.07) is 10.5. The van der Waals surface area contributed by atoms with Gasteiger partial charge in [0.25, 0.3) is 0 Å². The zero-order valence-corrected chi connectivity index (χ0v) is 24.0. The molecule has 0 N–H and O–H groups in total. The first-order chi connectivity index (χ1) is 13.6. The van der Waals surface area contributed by atoms with Crippen molar-refractivity contribution in [1.82, 2.24) is 0 Å². The van der Waals surface area contributed by atoms with Gasteiger partial charge in [-0.2, -0.15) is 0 Å². The molecule has 0 heterocycles. The topological polar surface area (TPSA) is 59.7 Å². The van der Waals surface area contributed by atoms with E-state index in [1.807, 2.05) is 6.07 Å². The second kappa shape index (κ2) is 46.7. The quantitative estimate of drug-likeness (QED) is 0.154. The van der Waals surface area contributed by atoms with Gasteiger partial charge in [0.05, 0.1) is 0 Å². The van der Waals surface area contributed by atoms with Gasteiger partial charge in [-0.1, -0.05) is 41.5 Å². The molecule has 0 fully saturated rings. The summed E-state index contributed by atoms with van der Waals surface area (Å²) in [4.78, 5) is 0. The van der Waals surface area contributed by atoms with Gasteiger partial charge in [-0.05, 0) is 37.0 Å². The summed E-state index contributed by atoms with van der Waals surface area (Å²) in [5.74, 6) is 0. The van der Waals surface area contributed by atoms with Crippen molar-refractivity contribution in [3.63, 3.8) is 0 Å². The van der Waals surface area contributed by atoms with Gasteiger partial charge in [-0.15, -0.1) is 15.8 Å². The molecule has 7 heteroatoms. The van der Waals surface area contributed by atoms with Crippen LogP contribution < -0.4 is 0 Å². The van der Waals surface area contributed by atoms with Crippen LogP contribution in [-0.4, -0.2) is 59.3 Å². The predicted octanol–water partition coefficient (Wildman–Crippen LogP) is 6.30. The summed E-state index contributed by atoms with van der Waals surface area (Å²) >= 11 is 2.10. The number of hydrogen-bond donors (Lipinski definition) is 0. The molecule has 0 aliphatic heterocycles. The van der Waals surface area contributed by atoms with Crippen molar-refractivity contribution in [2.24, 2.45) is 0 Å². The minimum atomic E-state index is 0. The van der Waals surface area contributed by atoms with Crippen molar-refractivity contribution in [2.45, 2.75) is 46.0 Å². The van der Waals surface area contributed by atoms with Gasteiger partial charge in [0, 0.05) is 17.1 Å². The third-order valence-corrected chi connectivity index (χ3v) is 10.0. The van der Waals surface area contributed by atoms with Gasteiger partial charge < -0.3 is 0 Å². The summed E-state index contributed by atoms with van der Waals surface area (Å²) in [6.45, 7) is 27.2. The average molecular weight is 594 g/mol. The van der Waals surface area contributed by atoms with Gasteiger partial charge in [0.2, 0.25) is 0 Å². The molecule has 0 amide bonds. The molecule has 0 aliphatic rings. The summed E-state index contributed by atoms with van der Waals surface area (Å²) in [5.41, 5.74) is 1.41. The Balaban J connectivity index is -0.0000000597. The normalized spacial score (nSPS) is 7.69. The minimum absolute atomic E-state index is 0. The fourth-order valence-electron chi connectivity index (χ4n) is 1.92. The first kappa shape index (κ1) is 43.5. The van der Waals surface area contributed by atoms with E-state index in [0.29, 0.717) is 15.8 Å². The van der Waals surface area contributed by atoms with Crippen LogP contribution in [0.15, 0.2) is 30.3 Å². The molecule has 1 aromatic carbocycles. The van der Waals surface area contributed by atoms with E-state index in [9.17, 15) is 0 Å². The number of hydrogen-bond acceptors (Lipinski definition) is 0. The molecule has 1 rings (SSSR count). The van der Waals surface area contributed by atoms with E-state index in [2.05, 4.69) is 108 Å². The molecule has 29 heavy (non-hydrogen) atoms. The maximum atomic E-state index is 7.50. The Kier molecular flexibility index (Phi) is 70.0. The maximum absolute atomic E-state index is 7.50. The zero-order valence-electron chi connectivity index (χ0n) is 18.7. The summed E-state index contributed by atoms with van der Waals surface area (Å²) < 4.78 is 23.6. The summed E-state index contributed by atoms with van der Waals surface area (Å²) in [5, 5.41) is 0. The van der Waals surface area contributed by atoms with Gasteiger partial charge >= 0.3 is 96.6 Å². The summed E-state index contributed by atoms with van der Waals surface area (Å²) in [6.07, 6.45) is 8.51. The van der Waals surface area contributed by atoms with Crippen LogP contribution in [0.1, 0.15) is 47.1 Å². The van der Waals surface area contributed by atoms with E-state index in [-0.39, 0.29) is 17.1 Å². The third kappa shape index (κ3) is 39.6. The Bertz CT molecular complexity index is 384. The van der Waals surface area contributed by atoms with Crippen molar-refractivity contribution < 1.29 is 31.0 Å². The van der Waals surface area contributed by atoms with Crippen LogP contribution in [0.3, 0.4) is 0 Å². The van der Waals surface area contributed by atoms with Gasteiger partial charge in [0.15, 0.2) is 0 Å². The van der Waals surface area contributed by atoms with Crippen LogP contribution in [0.5, 0.6) is 0 Å². The molecule has 0 saturated heterocycles. The molecule has 2 radical (unpaired) electrons. The first-order valence-electron chi connectivity index (χ1n) is 9.31. The van der Waals surface area contributed by atoms with Crippen molar-refractivity contribution >= 4 is 38.1 Å². The van der Waals surface area contributed by atoms with Crippen LogP contribution in [-0.2, 0) is 35.5 Å². The van der Waals surface area contributed by atoms with Crippen LogP contribution in [0.4, 0.5) is 0 Å². The van der Waals surface area contributed by atoms with Crippen molar-refractivity contribution in [3.8, 4) is 0 Å². The SMILES string of the molecule is CCP(CC)CC.CCP(CC)CC.[C-]#[O+].[C-]#[O+].[C-]#[O+].[Mn].[Te]Cc1ccccc1. The van der Waals surface area contributed by atoms with Crippen LogP contribution >= 0.6 is 15.8 Å². The Morgan fingerprint density at radius 3 is 0.966 bits per heavy atom. The molecular formula is C22H37MnO3P2Te. The first-order valence-corrected chi connectivity index (χ1v) is 14.7. The third-order valence-electron chi connectivity index (χ3n) is 3.69. The van der Waals surface area contributed by atoms with E-state index in [4.69, 9.17) is 14.0 Å². The number of rotatable bonds is 7. The fraction of sp³-hybridized carbons (Fsp3) is 0.591. The van der Waals surface area contributed by atoms with E-state index >= 15 is 0 Å². The molecule has 0 saturated carbocycles. The molecule has 0 unspecified atom stereocenters. The molecule has 0 spiro atoms. The van der Waals surface area contributed by atoms with E-state index in [1.54, 1.807) is 0 Å². The van der Waals surface area contributed by atoms with Crippen LogP contribution in [0, 0.1) is 20.0 Å². The molecule has 1 aromatic rings. The Hall–Kier alpha value is 0.609. The van der Waals surface area contributed by atoms with Crippen molar-refractivity contribution in [2.75, 3.05) is 37.0 Å². The standard InChI is InChI=1S/C7H7Te.2C6H15P.3CO.Mn/c8-6-7-4-2-1-3-5-7;2*1-4-7(5-2)6-3;3*1-2;/h1-5H,6H2;2*4-6H2,1-3H3;;;;. The molecular weight excluding hydrogens is 557 g/mol. The van der Waals surface area contributed by atoms with Crippen molar-refractivity contribution in [1.29, 1.82) is 0 Å². The van der Waals surface area contributed by atoms with Crippen LogP contribution in [0.2, 0.25) is 0 Å². The Morgan fingerprint density at radius 2 is 0.862 bits per heavy atom. The Morgan fingerprint density at radius 1 is 0.621 bits per heavy atom. The monoisotopic (exact) mass is 596 g/mol. The predicted molar refractivity (Wildman–Crippen MR) is 125 cm³/mol. The van der Waals surface area contributed by atoms with Gasteiger partial charge in [0.1, 0.15) is 0 Å². The van der Waals surface area contributed by atoms with Crippen LogP contribution in [0.25, 0.3) is 0 Å². The molecule has 3 nitrogen and oxygen atoms in total. The van der Waals surface area contributed by atoms with Gasteiger partial charge in [-0.3, -0.25) is 0 Å². The molecule has 0 aliphatic carbocycles. The second-order valence-corrected chi connectivity index (χ2v) is 12.2. The molecule has 166 valence electrons. The van der Waals surface area contributed by atoms with E-state index in [0.717, 1.165) is 4.47 Å². The Labute approximate surface area is 207 Å². The molecule has 0 bridgehead atoms. The zero-order chi connectivity index (χ0) is 23.2. The second-order valence-electron chi connectivity index (χ2n) is 4.87. The average Bonchev–Trinajstić information content (AvgIpc) is 2.81. The van der Waals surface area contributed by atoms with Gasteiger partial charge in [-0.25, -0.2) is 0 Å². The molecule has 0 atom stereocenters. The summed E-state index contributed by atoms with van der Waals surface area (Å²) in [7, 11) is 0.892. The van der Waals surface area contributed by atoms with E-state index in [1.165, 1.54) is 42.5 Å².